The molecular formula is C16H20O3. The van der Waals surface area contributed by atoms with E-state index in [9.17, 15) is 4.79 Å². The molecule has 19 heavy (non-hydrogen) atoms. The number of carboxylic acid groups (broad SMARTS) is 1. The van der Waals surface area contributed by atoms with Crippen LogP contribution in [0.15, 0.2) is 42.0 Å². The Morgan fingerprint density at radius 3 is 2.58 bits per heavy atom. The summed E-state index contributed by atoms with van der Waals surface area (Å²) >= 11 is 0. The predicted octanol–water partition coefficient (Wildman–Crippen LogP) is 4.02. The number of rotatable bonds is 5. The molecule has 102 valence electrons. The third-order valence-corrected chi connectivity index (χ3v) is 2.80. The number of hydrogen-bond acceptors (Lipinski definition) is 2. The summed E-state index contributed by atoms with van der Waals surface area (Å²) in [6, 6.07) is 4.97. The molecule has 1 atom stereocenters. The Kier molecular flexibility index (Phi) is 5.37. The predicted molar refractivity (Wildman–Crippen MR) is 76.9 cm³/mol. The molecule has 0 bridgehead atoms. The van der Waals surface area contributed by atoms with Crippen LogP contribution in [0.25, 0.3) is 0 Å². The van der Waals surface area contributed by atoms with E-state index in [-0.39, 0.29) is 11.5 Å². The Labute approximate surface area is 114 Å². The first kappa shape index (κ1) is 15.0. The molecule has 0 aliphatic rings. The van der Waals surface area contributed by atoms with E-state index in [1.54, 1.807) is 25.3 Å². The maximum Gasteiger partial charge on any atom is 0.335 e. The van der Waals surface area contributed by atoms with E-state index in [0.29, 0.717) is 5.75 Å². The van der Waals surface area contributed by atoms with Gasteiger partial charge in [0.1, 0.15) is 5.75 Å². The number of carboxylic acids is 1. The molecule has 0 heterocycles. The number of ether oxygens (including phenoxy) is 1. The quantitative estimate of drug-likeness (QED) is 0.813. The maximum absolute atomic E-state index is 10.9. The van der Waals surface area contributed by atoms with E-state index in [2.05, 4.69) is 6.08 Å². The number of aromatic carboxylic acids is 1. The molecule has 3 nitrogen and oxygen atoms in total. The minimum Gasteiger partial charge on any atom is -0.496 e. The molecule has 1 rings (SSSR count). The smallest absolute Gasteiger partial charge is 0.335 e. The van der Waals surface area contributed by atoms with Crippen LogP contribution in [0.5, 0.6) is 5.75 Å². The second kappa shape index (κ2) is 6.78. The fourth-order valence-corrected chi connectivity index (χ4v) is 1.74. The molecule has 1 N–H and O–H groups in total. The normalized spacial score (nSPS) is 12.2. The van der Waals surface area contributed by atoms with Gasteiger partial charge in [-0.3, -0.25) is 0 Å². The highest BCUT2D eigenvalue weighted by molar-refractivity contribution is 5.88. The molecule has 0 fully saturated rings. The third kappa shape index (κ3) is 4.28. The molecule has 1 unspecified atom stereocenters. The molecule has 3 heteroatoms. The maximum atomic E-state index is 10.9. The van der Waals surface area contributed by atoms with Gasteiger partial charge in [-0.25, -0.2) is 4.79 Å². The highest BCUT2D eigenvalue weighted by atomic mass is 16.5. The molecule has 0 radical (unpaired) electrons. The van der Waals surface area contributed by atoms with E-state index in [1.165, 1.54) is 5.57 Å². The van der Waals surface area contributed by atoms with Crippen molar-refractivity contribution in [3.8, 4) is 5.75 Å². The zero-order chi connectivity index (χ0) is 14.4. The van der Waals surface area contributed by atoms with Gasteiger partial charge in [0, 0.05) is 11.5 Å². The van der Waals surface area contributed by atoms with Gasteiger partial charge >= 0.3 is 5.97 Å². The fourth-order valence-electron chi connectivity index (χ4n) is 1.74. The van der Waals surface area contributed by atoms with Gasteiger partial charge < -0.3 is 9.84 Å². The van der Waals surface area contributed by atoms with Crippen molar-refractivity contribution in [1.29, 1.82) is 0 Å². The van der Waals surface area contributed by atoms with Crippen LogP contribution in [-0.2, 0) is 0 Å². The van der Waals surface area contributed by atoms with Crippen molar-refractivity contribution in [1.82, 2.24) is 0 Å². The Balaban J connectivity index is 3.03. The number of benzene rings is 1. The molecular weight excluding hydrogens is 240 g/mol. The molecule has 0 aliphatic carbocycles. The van der Waals surface area contributed by atoms with Crippen LogP contribution in [0.1, 0.15) is 42.6 Å². The first-order valence-electron chi connectivity index (χ1n) is 6.18. The van der Waals surface area contributed by atoms with Crippen molar-refractivity contribution >= 4 is 5.97 Å². The first-order chi connectivity index (χ1) is 8.95. The van der Waals surface area contributed by atoms with Crippen molar-refractivity contribution < 1.29 is 14.6 Å². The standard InChI is InChI=1S/C16H20O3/c1-11(2)6-5-7-12(3)14-9-8-13(16(17)18)10-15(14)19-4/h5-10,12H,1-4H3,(H,17,18)/b7-5+. The average molecular weight is 260 g/mol. The lowest BCUT2D eigenvalue weighted by atomic mass is 9.98. The summed E-state index contributed by atoms with van der Waals surface area (Å²) in [5, 5.41) is 8.96. The zero-order valence-corrected chi connectivity index (χ0v) is 11.8. The molecule has 0 amide bonds. The number of allylic oxidation sites excluding steroid dienone is 4. The molecule has 0 aliphatic heterocycles. The lowest BCUT2D eigenvalue weighted by molar-refractivity contribution is 0.0696. The van der Waals surface area contributed by atoms with Crippen molar-refractivity contribution in [2.24, 2.45) is 0 Å². The van der Waals surface area contributed by atoms with Crippen LogP contribution in [0.2, 0.25) is 0 Å². The zero-order valence-electron chi connectivity index (χ0n) is 11.8. The van der Waals surface area contributed by atoms with Crippen molar-refractivity contribution in [2.45, 2.75) is 26.7 Å². The van der Waals surface area contributed by atoms with Gasteiger partial charge in [0.25, 0.3) is 0 Å². The molecule has 0 aromatic heterocycles. The third-order valence-electron chi connectivity index (χ3n) is 2.80. The highest BCUT2D eigenvalue weighted by Crippen LogP contribution is 2.28. The second-order valence-electron chi connectivity index (χ2n) is 4.68. The molecule has 0 saturated heterocycles. The van der Waals surface area contributed by atoms with Crippen LogP contribution in [0.3, 0.4) is 0 Å². The number of hydrogen-bond donors (Lipinski definition) is 1. The first-order valence-corrected chi connectivity index (χ1v) is 6.18. The van der Waals surface area contributed by atoms with Crippen LogP contribution >= 0.6 is 0 Å². The fraction of sp³-hybridized carbons (Fsp3) is 0.312. The van der Waals surface area contributed by atoms with E-state index in [0.717, 1.165) is 5.56 Å². The summed E-state index contributed by atoms with van der Waals surface area (Å²) in [7, 11) is 1.55. The minimum atomic E-state index is -0.947. The summed E-state index contributed by atoms with van der Waals surface area (Å²) in [6.45, 7) is 6.13. The summed E-state index contributed by atoms with van der Waals surface area (Å²) in [5.41, 5.74) is 2.45. The van der Waals surface area contributed by atoms with Crippen molar-refractivity contribution in [3.63, 3.8) is 0 Å². The van der Waals surface area contributed by atoms with Gasteiger partial charge in [-0.2, -0.15) is 0 Å². The van der Waals surface area contributed by atoms with Gasteiger partial charge in [-0.05, 0) is 26.0 Å². The minimum absolute atomic E-state index is 0.161. The van der Waals surface area contributed by atoms with Gasteiger partial charge in [-0.15, -0.1) is 0 Å². The van der Waals surface area contributed by atoms with Gasteiger partial charge in [0.15, 0.2) is 0 Å². The number of carbonyl (C=O) groups is 1. The van der Waals surface area contributed by atoms with Crippen LogP contribution < -0.4 is 4.74 Å². The van der Waals surface area contributed by atoms with Crippen LogP contribution in [0, 0.1) is 0 Å². The summed E-state index contributed by atoms with van der Waals surface area (Å²) in [4.78, 5) is 10.9. The Bertz CT molecular complexity index is 509. The molecule has 1 aromatic carbocycles. The molecule has 1 aromatic rings. The highest BCUT2D eigenvalue weighted by Gasteiger charge is 2.12. The second-order valence-corrected chi connectivity index (χ2v) is 4.68. The van der Waals surface area contributed by atoms with Gasteiger partial charge in [-0.1, -0.05) is 36.8 Å². The lowest BCUT2D eigenvalue weighted by Gasteiger charge is -2.13. The van der Waals surface area contributed by atoms with E-state index < -0.39 is 5.97 Å². The topological polar surface area (TPSA) is 46.5 Å². The van der Waals surface area contributed by atoms with Crippen LogP contribution in [-0.4, -0.2) is 18.2 Å². The lowest BCUT2D eigenvalue weighted by Crippen LogP contribution is -2.01. The Morgan fingerprint density at radius 2 is 2.05 bits per heavy atom. The number of methoxy groups -OCH3 is 1. The monoisotopic (exact) mass is 260 g/mol. The Morgan fingerprint density at radius 1 is 1.37 bits per heavy atom. The van der Waals surface area contributed by atoms with Gasteiger partial charge in [0.05, 0.1) is 12.7 Å². The van der Waals surface area contributed by atoms with E-state index in [4.69, 9.17) is 9.84 Å². The average Bonchev–Trinajstić information content (AvgIpc) is 2.37. The summed E-state index contributed by atoms with van der Waals surface area (Å²) < 4.78 is 5.27. The van der Waals surface area contributed by atoms with Crippen molar-refractivity contribution in [3.05, 3.63) is 53.1 Å². The van der Waals surface area contributed by atoms with E-state index in [1.807, 2.05) is 32.9 Å². The molecule has 0 spiro atoms. The largest absolute Gasteiger partial charge is 0.496 e. The van der Waals surface area contributed by atoms with Gasteiger partial charge in [0.2, 0.25) is 0 Å². The Hall–Kier alpha value is -2.03. The molecule has 0 saturated carbocycles. The SMILES string of the molecule is COc1cc(C(=O)O)ccc1C(C)/C=C/C=C(C)C. The van der Waals surface area contributed by atoms with E-state index >= 15 is 0 Å². The summed E-state index contributed by atoms with van der Waals surface area (Å²) in [5.74, 6) is -0.180. The van der Waals surface area contributed by atoms with Crippen molar-refractivity contribution in [2.75, 3.05) is 7.11 Å². The van der Waals surface area contributed by atoms with Crippen LogP contribution in [0.4, 0.5) is 0 Å². The summed E-state index contributed by atoms with van der Waals surface area (Å²) in [6.07, 6.45) is 6.10.